The van der Waals surface area contributed by atoms with Crippen molar-refractivity contribution in [3.63, 3.8) is 0 Å². The Morgan fingerprint density at radius 3 is 2.55 bits per heavy atom. The molecule has 0 spiro atoms. The summed E-state index contributed by atoms with van der Waals surface area (Å²) in [4.78, 5) is -0.332. The first-order valence-corrected chi connectivity index (χ1v) is 8.02. The van der Waals surface area contributed by atoms with Gasteiger partial charge >= 0.3 is 6.18 Å². The molecule has 10 heteroatoms. The fraction of sp³-hybridized carbons (Fsp3) is 0.700. The lowest BCUT2D eigenvalue weighted by atomic mass is 10.3. The number of alkyl halides is 3. The summed E-state index contributed by atoms with van der Waals surface area (Å²) in [5, 5.41) is 3.93. The predicted octanol–water partition coefficient (Wildman–Crippen LogP) is 2.86. The number of aromatic nitrogens is 2. The van der Waals surface area contributed by atoms with Crippen LogP contribution in [0.3, 0.4) is 0 Å². The van der Waals surface area contributed by atoms with Gasteiger partial charge < -0.3 is 4.74 Å². The molecule has 0 aliphatic carbocycles. The summed E-state index contributed by atoms with van der Waals surface area (Å²) in [5.41, 5.74) is -0.135. The second-order valence-electron chi connectivity index (χ2n) is 4.22. The SMILES string of the molecule is CC[C@H](C)n1cc(S(=O)(=O)Cl)c(COCC(F)(F)F)n1. The molecule has 0 bridgehead atoms. The number of nitrogens with zero attached hydrogens (tertiary/aromatic N) is 2. The molecule has 1 atom stereocenters. The average molecular weight is 335 g/mol. The molecule has 0 amide bonds. The Balaban J connectivity index is 2.96. The lowest BCUT2D eigenvalue weighted by Crippen LogP contribution is -2.17. The lowest BCUT2D eigenvalue weighted by molar-refractivity contribution is -0.177. The molecule has 0 aromatic carbocycles. The first-order valence-electron chi connectivity index (χ1n) is 5.71. The smallest absolute Gasteiger partial charge is 0.366 e. The van der Waals surface area contributed by atoms with Crippen molar-refractivity contribution in [2.45, 2.75) is 44.0 Å². The van der Waals surface area contributed by atoms with Gasteiger partial charge in [-0.05, 0) is 13.3 Å². The Morgan fingerprint density at radius 2 is 2.10 bits per heavy atom. The fourth-order valence-electron chi connectivity index (χ4n) is 1.39. The van der Waals surface area contributed by atoms with Gasteiger partial charge in [-0.2, -0.15) is 18.3 Å². The number of ether oxygens (including phenoxy) is 1. The predicted molar refractivity (Wildman–Crippen MR) is 66.0 cm³/mol. The van der Waals surface area contributed by atoms with Crippen molar-refractivity contribution >= 4 is 19.7 Å². The highest BCUT2D eigenvalue weighted by atomic mass is 35.7. The van der Waals surface area contributed by atoms with Crippen LogP contribution in [0, 0.1) is 0 Å². The monoisotopic (exact) mass is 334 g/mol. The Hall–Kier alpha value is -0.800. The van der Waals surface area contributed by atoms with E-state index in [4.69, 9.17) is 10.7 Å². The minimum Gasteiger partial charge on any atom is -0.366 e. The highest BCUT2D eigenvalue weighted by Gasteiger charge is 2.28. The van der Waals surface area contributed by atoms with Gasteiger partial charge in [0.2, 0.25) is 0 Å². The standard InChI is InChI=1S/C10H14ClF3N2O3S/c1-3-7(2)16-4-9(20(11,17)18)8(15-16)5-19-6-10(12,13)14/h4,7H,3,5-6H2,1-2H3/t7-/m0/s1. The summed E-state index contributed by atoms with van der Waals surface area (Å²) < 4.78 is 64.5. The van der Waals surface area contributed by atoms with Gasteiger partial charge in [-0.25, -0.2) is 8.42 Å². The molecule has 0 aliphatic heterocycles. The van der Waals surface area contributed by atoms with Crippen molar-refractivity contribution in [2.75, 3.05) is 6.61 Å². The Kier molecular flexibility index (Phi) is 5.45. The van der Waals surface area contributed by atoms with Crippen molar-refractivity contribution in [3.05, 3.63) is 11.9 Å². The molecule has 0 saturated carbocycles. The van der Waals surface area contributed by atoms with Crippen molar-refractivity contribution in [2.24, 2.45) is 0 Å². The fourth-order valence-corrected chi connectivity index (χ4v) is 2.39. The zero-order valence-electron chi connectivity index (χ0n) is 10.8. The van der Waals surface area contributed by atoms with Crippen LogP contribution in [0.25, 0.3) is 0 Å². The van der Waals surface area contributed by atoms with E-state index in [9.17, 15) is 21.6 Å². The number of rotatable bonds is 6. The van der Waals surface area contributed by atoms with Gasteiger partial charge in [-0.1, -0.05) is 6.92 Å². The van der Waals surface area contributed by atoms with E-state index in [1.54, 1.807) is 6.92 Å². The van der Waals surface area contributed by atoms with Gasteiger partial charge in [-0.15, -0.1) is 0 Å². The highest BCUT2D eigenvalue weighted by molar-refractivity contribution is 8.13. The van der Waals surface area contributed by atoms with Crippen LogP contribution >= 0.6 is 10.7 Å². The van der Waals surface area contributed by atoms with Gasteiger partial charge in [0.05, 0.1) is 6.61 Å². The van der Waals surface area contributed by atoms with Crippen LogP contribution in [-0.2, 0) is 20.4 Å². The maximum absolute atomic E-state index is 12.0. The third-order valence-corrected chi connectivity index (χ3v) is 3.94. The normalized spacial score (nSPS) is 14.5. The molecule has 0 radical (unpaired) electrons. The summed E-state index contributed by atoms with van der Waals surface area (Å²) in [6, 6.07) is -0.108. The average Bonchev–Trinajstić information content (AvgIpc) is 2.70. The van der Waals surface area contributed by atoms with E-state index in [1.807, 2.05) is 6.92 Å². The Bertz CT molecular complexity index is 557. The molecule has 20 heavy (non-hydrogen) atoms. The quantitative estimate of drug-likeness (QED) is 0.750. The molecule has 5 nitrogen and oxygen atoms in total. The van der Waals surface area contributed by atoms with Crippen LogP contribution in [-0.4, -0.2) is 31.0 Å². The second kappa shape index (κ2) is 6.31. The molecule has 1 rings (SSSR count). The van der Waals surface area contributed by atoms with Crippen LogP contribution in [0.2, 0.25) is 0 Å². The number of hydrogen-bond acceptors (Lipinski definition) is 4. The van der Waals surface area contributed by atoms with E-state index in [-0.39, 0.29) is 16.6 Å². The summed E-state index contributed by atoms with van der Waals surface area (Å²) in [6.07, 6.45) is -2.62. The molecule has 0 fully saturated rings. The van der Waals surface area contributed by atoms with E-state index in [0.29, 0.717) is 6.42 Å². The summed E-state index contributed by atoms with van der Waals surface area (Å²) >= 11 is 0. The van der Waals surface area contributed by atoms with Gasteiger partial charge in [-0.3, -0.25) is 4.68 Å². The minimum atomic E-state index is -4.49. The van der Waals surface area contributed by atoms with Crippen molar-refractivity contribution in [1.29, 1.82) is 0 Å². The van der Waals surface area contributed by atoms with Crippen molar-refractivity contribution in [1.82, 2.24) is 9.78 Å². The highest BCUT2D eigenvalue weighted by Crippen LogP contribution is 2.23. The first-order chi connectivity index (χ1) is 9.04. The van der Waals surface area contributed by atoms with Gasteiger partial charge in [0.15, 0.2) is 0 Å². The molecular weight excluding hydrogens is 321 g/mol. The van der Waals surface area contributed by atoms with Crippen molar-refractivity contribution < 1.29 is 26.3 Å². The minimum absolute atomic E-state index is 0.108. The van der Waals surface area contributed by atoms with Gasteiger partial charge in [0, 0.05) is 22.9 Å². The second-order valence-corrected chi connectivity index (χ2v) is 6.76. The van der Waals surface area contributed by atoms with Crippen LogP contribution in [0.5, 0.6) is 0 Å². The Labute approximate surface area is 119 Å². The van der Waals surface area contributed by atoms with Crippen LogP contribution in [0.4, 0.5) is 13.2 Å². The van der Waals surface area contributed by atoms with Crippen LogP contribution in [0.15, 0.2) is 11.1 Å². The van der Waals surface area contributed by atoms with E-state index >= 15 is 0 Å². The Morgan fingerprint density at radius 1 is 1.50 bits per heavy atom. The molecule has 0 unspecified atom stereocenters. The zero-order chi connectivity index (χ0) is 15.6. The number of halogens is 4. The summed E-state index contributed by atoms with van der Waals surface area (Å²) in [6.45, 7) is 1.59. The maximum atomic E-state index is 12.0. The van der Waals surface area contributed by atoms with E-state index < -0.39 is 28.4 Å². The lowest BCUT2D eigenvalue weighted by Gasteiger charge is -2.08. The van der Waals surface area contributed by atoms with Crippen LogP contribution < -0.4 is 0 Å². The topological polar surface area (TPSA) is 61.2 Å². The maximum Gasteiger partial charge on any atom is 0.411 e. The third-order valence-electron chi connectivity index (χ3n) is 2.58. The molecule has 0 saturated heterocycles. The largest absolute Gasteiger partial charge is 0.411 e. The molecule has 1 aromatic rings. The molecule has 1 aromatic heterocycles. The van der Waals surface area contributed by atoms with E-state index in [2.05, 4.69) is 9.84 Å². The van der Waals surface area contributed by atoms with Gasteiger partial charge in [0.1, 0.15) is 17.2 Å². The summed E-state index contributed by atoms with van der Waals surface area (Å²) in [5.74, 6) is 0. The van der Waals surface area contributed by atoms with Crippen molar-refractivity contribution in [3.8, 4) is 0 Å². The zero-order valence-corrected chi connectivity index (χ0v) is 12.4. The molecule has 0 N–H and O–H groups in total. The first kappa shape index (κ1) is 17.3. The molecule has 0 aliphatic rings. The molecule has 116 valence electrons. The summed E-state index contributed by atoms with van der Waals surface area (Å²) in [7, 11) is 1.14. The van der Waals surface area contributed by atoms with Crippen LogP contribution in [0.1, 0.15) is 32.0 Å². The van der Waals surface area contributed by atoms with E-state index in [1.165, 1.54) is 10.9 Å². The van der Waals surface area contributed by atoms with Gasteiger partial charge in [0.25, 0.3) is 9.05 Å². The number of hydrogen-bond donors (Lipinski definition) is 0. The molecular formula is C10H14ClF3N2O3S. The van der Waals surface area contributed by atoms with E-state index in [0.717, 1.165) is 0 Å². The molecule has 1 heterocycles. The third kappa shape index (κ3) is 4.95.